The standard InChI is InChI=1S/C33H41FN2O2/c1-32(2,3)27-17-12-24(13-18-27)16-21-30(37)36(23-26-14-19-28(34)20-15-26)29(31(38)35-33(4,5)6)22-25-10-8-7-9-11-25/h7-15,17-20,29H,16,21-23H2,1-6H3,(H,35,38). The van der Waals surface area contributed by atoms with Gasteiger partial charge in [-0.1, -0.05) is 87.5 Å². The largest absolute Gasteiger partial charge is 0.350 e. The molecule has 3 aromatic carbocycles. The van der Waals surface area contributed by atoms with Crippen molar-refractivity contribution >= 4 is 11.8 Å². The van der Waals surface area contributed by atoms with Crippen LogP contribution in [0, 0.1) is 5.82 Å². The molecule has 0 radical (unpaired) electrons. The molecule has 0 aromatic heterocycles. The van der Waals surface area contributed by atoms with Crippen LogP contribution >= 0.6 is 0 Å². The van der Waals surface area contributed by atoms with Crippen LogP contribution in [0.3, 0.4) is 0 Å². The highest BCUT2D eigenvalue weighted by molar-refractivity contribution is 5.88. The summed E-state index contributed by atoms with van der Waals surface area (Å²) in [6, 6.07) is 23.5. The zero-order chi connectivity index (χ0) is 27.9. The summed E-state index contributed by atoms with van der Waals surface area (Å²) in [5, 5.41) is 3.07. The van der Waals surface area contributed by atoms with Gasteiger partial charge in [-0.2, -0.15) is 0 Å². The molecule has 0 fully saturated rings. The van der Waals surface area contributed by atoms with Crippen molar-refractivity contribution < 1.29 is 14.0 Å². The number of carbonyl (C=O) groups is 2. The third-order valence-electron chi connectivity index (χ3n) is 6.48. The molecule has 1 unspecified atom stereocenters. The lowest BCUT2D eigenvalue weighted by Gasteiger charge is -2.34. The fourth-order valence-corrected chi connectivity index (χ4v) is 4.36. The number of amides is 2. The Labute approximate surface area is 227 Å². The van der Waals surface area contributed by atoms with E-state index >= 15 is 0 Å². The Kier molecular flexibility index (Phi) is 9.48. The van der Waals surface area contributed by atoms with Gasteiger partial charge in [0.2, 0.25) is 11.8 Å². The van der Waals surface area contributed by atoms with Gasteiger partial charge in [-0.15, -0.1) is 0 Å². The van der Waals surface area contributed by atoms with Gasteiger partial charge in [-0.25, -0.2) is 4.39 Å². The first-order valence-corrected chi connectivity index (χ1v) is 13.3. The molecular weight excluding hydrogens is 475 g/mol. The molecule has 0 heterocycles. The van der Waals surface area contributed by atoms with E-state index < -0.39 is 11.6 Å². The molecule has 2 amide bonds. The molecule has 4 nitrogen and oxygen atoms in total. The summed E-state index contributed by atoms with van der Waals surface area (Å²) in [5.41, 5.74) is 3.67. The lowest BCUT2D eigenvalue weighted by atomic mass is 9.86. The predicted octanol–water partition coefficient (Wildman–Crippen LogP) is 6.61. The van der Waals surface area contributed by atoms with Crippen molar-refractivity contribution in [3.05, 3.63) is 107 Å². The fraction of sp³-hybridized carbons (Fsp3) is 0.394. The van der Waals surface area contributed by atoms with E-state index in [1.54, 1.807) is 17.0 Å². The Balaban J connectivity index is 1.89. The minimum absolute atomic E-state index is 0.0609. The normalized spacial score (nSPS) is 12.6. The van der Waals surface area contributed by atoms with E-state index in [0.29, 0.717) is 12.8 Å². The van der Waals surface area contributed by atoms with Crippen molar-refractivity contribution in [3.8, 4) is 0 Å². The molecule has 5 heteroatoms. The summed E-state index contributed by atoms with van der Waals surface area (Å²) in [6.45, 7) is 12.5. The zero-order valence-electron chi connectivity index (χ0n) is 23.6. The van der Waals surface area contributed by atoms with Crippen LogP contribution in [0.15, 0.2) is 78.9 Å². The second-order valence-corrected chi connectivity index (χ2v) is 12.0. The topological polar surface area (TPSA) is 49.4 Å². The van der Waals surface area contributed by atoms with Gasteiger partial charge in [-0.3, -0.25) is 9.59 Å². The monoisotopic (exact) mass is 516 g/mol. The first-order chi connectivity index (χ1) is 17.8. The first-order valence-electron chi connectivity index (χ1n) is 13.3. The number of nitrogens with zero attached hydrogens (tertiary/aromatic N) is 1. The summed E-state index contributed by atoms with van der Waals surface area (Å²) in [7, 11) is 0. The predicted molar refractivity (Wildman–Crippen MR) is 152 cm³/mol. The third-order valence-corrected chi connectivity index (χ3v) is 6.48. The SMILES string of the molecule is CC(C)(C)NC(=O)C(Cc1ccccc1)N(Cc1ccc(F)cc1)C(=O)CCc1ccc(C(C)(C)C)cc1. The van der Waals surface area contributed by atoms with Crippen LogP contribution in [-0.4, -0.2) is 28.3 Å². The van der Waals surface area contributed by atoms with E-state index in [1.165, 1.54) is 17.7 Å². The number of rotatable bonds is 9. The zero-order valence-corrected chi connectivity index (χ0v) is 23.6. The molecule has 3 rings (SSSR count). The van der Waals surface area contributed by atoms with Gasteiger partial charge in [0.05, 0.1) is 0 Å². The van der Waals surface area contributed by atoms with Crippen molar-refractivity contribution in [2.24, 2.45) is 0 Å². The number of halogens is 1. The second kappa shape index (κ2) is 12.4. The van der Waals surface area contributed by atoms with Crippen LogP contribution in [0.4, 0.5) is 4.39 Å². The highest BCUT2D eigenvalue weighted by Crippen LogP contribution is 2.23. The van der Waals surface area contributed by atoms with Crippen LogP contribution in [0.25, 0.3) is 0 Å². The highest BCUT2D eigenvalue weighted by Gasteiger charge is 2.32. The average molecular weight is 517 g/mol. The molecule has 3 aromatic rings. The second-order valence-electron chi connectivity index (χ2n) is 12.0. The smallest absolute Gasteiger partial charge is 0.243 e. The molecule has 0 aliphatic rings. The maximum atomic E-state index is 13.8. The number of hydrogen-bond donors (Lipinski definition) is 1. The molecule has 1 atom stereocenters. The minimum Gasteiger partial charge on any atom is -0.350 e. The molecular formula is C33H41FN2O2. The summed E-state index contributed by atoms with van der Waals surface area (Å²) in [4.78, 5) is 29.0. The van der Waals surface area contributed by atoms with E-state index in [0.717, 1.165) is 16.7 Å². The van der Waals surface area contributed by atoms with E-state index in [9.17, 15) is 14.0 Å². The van der Waals surface area contributed by atoms with Crippen LogP contribution in [0.1, 0.15) is 70.2 Å². The molecule has 0 bridgehead atoms. The van der Waals surface area contributed by atoms with Crippen molar-refractivity contribution in [1.29, 1.82) is 0 Å². The lowest BCUT2D eigenvalue weighted by molar-refractivity contribution is -0.141. The maximum absolute atomic E-state index is 13.8. The number of aryl methyl sites for hydroxylation is 1. The van der Waals surface area contributed by atoms with E-state index in [-0.39, 0.29) is 36.0 Å². The summed E-state index contributed by atoms with van der Waals surface area (Å²) in [6.07, 6.45) is 1.22. The minimum atomic E-state index is -0.711. The van der Waals surface area contributed by atoms with Gasteiger partial charge < -0.3 is 10.2 Å². The number of hydrogen-bond acceptors (Lipinski definition) is 2. The van der Waals surface area contributed by atoms with Crippen molar-refractivity contribution in [2.45, 2.75) is 84.3 Å². The van der Waals surface area contributed by atoms with Gasteiger partial charge in [0, 0.05) is 24.9 Å². The van der Waals surface area contributed by atoms with Crippen molar-refractivity contribution in [1.82, 2.24) is 10.2 Å². The number of benzene rings is 3. The van der Waals surface area contributed by atoms with Crippen LogP contribution in [0.5, 0.6) is 0 Å². The van der Waals surface area contributed by atoms with Crippen LogP contribution in [0.2, 0.25) is 0 Å². The first kappa shape index (κ1) is 29.1. The quantitative estimate of drug-likeness (QED) is 0.348. The van der Waals surface area contributed by atoms with E-state index in [1.807, 2.05) is 51.1 Å². The fourth-order valence-electron chi connectivity index (χ4n) is 4.36. The molecule has 0 aliphatic carbocycles. The molecule has 0 saturated carbocycles. The average Bonchev–Trinajstić information content (AvgIpc) is 2.85. The molecule has 0 aliphatic heterocycles. The van der Waals surface area contributed by atoms with Gasteiger partial charge in [0.1, 0.15) is 11.9 Å². The Morgan fingerprint density at radius 1 is 0.789 bits per heavy atom. The Morgan fingerprint density at radius 2 is 1.37 bits per heavy atom. The van der Waals surface area contributed by atoms with Gasteiger partial charge in [-0.05, 0) is 67.0 Å². The molecule has 38 heavy (non-hydrogen) atoms. The summed E-state index contributed by atoms with van der Waals surface area (Å²) >= 11 is 0. The Morgan fingerprint density at radius 3 is 1.92 bits per heavy atom. The van der Waals surface area contributed by atoms with Gasteiger partial charge in [0.25, 0.3) is 0 Å². The van der Waals surface area contributed by atoms with E-state index in [4.69, 9.17) is 0 Å². The van der Waals surface area contributed by atoms with Gasteiger partial charge >= 0.3 is 0 Å². The lowest BCUT2D eigenvalue weighted by Crippen LogP contribution is -2.54. The summed E-state index contributed by atoms with van der Waals surface area (Å²) < 4.78 is 13.6. The van der Waals surface area contributed by atoms with Crippen molar-refractivity contribution in [3.63, 3.8) is 0 Å². The maximum Gasteiger partial charge on any atom is 0.243 e. The van der Waals surface area contributed by atoms with Crippen LogP contribution < -0.4 is 5.32 Å². The van der Waals surface area contributed by atoms with Crippen LogP contribution in [-0.2, 0) is 34.4 Å². The Bertz CT molecular complexity index is 1190. The molecule has 202 valence electrons. The van der Waals surface area contributed by atoms with Gasteiger partial charge in [0.15, 0.2) is 0 Å². The van der Waals surface area contributed by atoms with Crippen molar-refractivity contribution in [2.75, 3.05) is 0 Å². The molecule has 1 N–H and O–H groups in total. The molecule has 0 saturated heterocycles. The summed E-state index contributed by atoms with van der Waals surface area (Å²) in [5.74, 6) is -0.651. The third kappa shape index (κ3) is 8.83. The van der Waals surface area contributed by atoms with E-state index in [2.05, 4.69) is 50.4 Å². The number of nitrogens with one attached hydrogen (secondary N) is 1. The Hall–Kier alpha value is -3.47. The highest BCUT2D eigenvalue weighted by atomic mass is 19.1. The molecule has 0 spiro atoms. The number of carbonyl (C=O) groups excluding carboxylic acids is 2.